The summed E-state index contributed by atoms with van der Waals surface area (Å²) in [6.07, 6.45) is 1.65. The zero-order valence-electron chi connectivity index (χ0n) is 11.9. The fraction of sp³-hybridized carbons (Fsp3) is 0.0667. The highest BCUT2D eigenvalue weighted by Crippen LogP contribution is 2.27. The Morgan fingerprint density at radius 2 is 2.04 bits per heavy atom. The minimum atomic E-state index is 0.699. The van der Waals surface area contributed by atoms with Crippen LogP contribution in [0.5, 0.6) is 0 Å². The average molecular weight is 341 g/mol. The van der Waals surface area contributed by atoms with E-state index in [4.69, 9.17) is 4.42 Å². The average Bonchev–Trinajstić information content (AvgIpc) is 3.33. The van der Waals surface area contributed by atoms with Gasteiger partial charge in [-0.05, 0) is 34.7 Å². The first kappa shape index (κ1) is 14.2. The topological polar surface area (TPSA) is 69.6 Å². The molecular formula is C15H11N5OS2. The quantitative estimate of drug-likeness (QED) is 0.516. The van der Waals surface area contributed by atoms with Crippen LogP contribution in [0.2, 0.25) is 0 Å². The molecule has 0 spiro atoms. The van der Waals surface area contributed by atoms with E-state index in [0.717, 1.165) is 27.3 Å². The first-order valence-electron chi connectivity index (χ1n) is 6.85. The van der Waals surface area contributed by atoms with Gasteiger partial charge >= 0.3 is 0 Å². The Kier molecular flexibility index (Phi) is 3.91. The summed E-state index contributed by atoms with van der Waals surface area (Å²) in [5.74, 6) is 1.49. The van der Waals surface area contributed by atoms with Gasteiger partial charge in [0, 0.05) is 11.1 Å². The Balaban J connectivity index is 1.49. The molecule has 6 nitrogen and oxygen atoms in total. The molecule has 8 heteroatoms. The van der Waals surface area contributed by atoms with E-state index in [9.17, 15) is 0 Å². The molecule has 0 radical (unpaired) electrons. The Morgan fingerprint density at radius 1 is 1.13 bits per heavy atom. The van der Waals surface area contributed by atoms with Gasteiger partial charge in [-0.2, -0.15) is 4.68 Å². The van der Waals surface area contributed by atoms with Gasteiger partial charge in [0.25, 0.3) is 0 Å². The minimum Gasteiger partial charge on any atom is -0.462 e. The second kappa shape index (κ2) is 6.35. The zero-order chi connectivity index (χ0) is 15.5. The Labute approximate surface area is 140 Å². The van der Waals surface area contributed by atoms with Crippen molar-refractivity contribution < 1.29 is 4.42 Å². The Hall–Kier alpha value is -2.45. The van der Waals surface area contributed by atoms with E-state index in [1.807, 2.05) is 47.8 Å². The van der Waals surface area contributed by atoms with Gasteiger partial charge in [-0.1, -0.05) is 30.0 Å². The number of thiazole rings is 1. The van der Waals surface area contributed by atoms with E-state index >= 15 is 0 Å². The normalized spacial score (nSPS) is 11.0. The molecular weight excluding hydrogens is 330 g/mol. The number of rotatable bonds is 5. The molecule has 23 heavy (non-hydrogen) atoms. The van der Waals surface area contributed by atoms with Crippen molar-refractivity contribution in [2.24, 2.45) is 0 Å². The summed E-state index contributed by atoms with van der Waals surface area (Å²) in [6.45, 7) is 0. The first-order valence-corrected chi connectivity index (χ1v) is 8.71. The third-order valence-electron chi connectivity index (χ3n) is 3.07. The summed E-state index contributed by atoms with van der Waals surface area (Å²) >= 11 is 3.12. The van der Waals surface area contributed by atoms with Crippen LogP contribution < -0.4 is 0 Å². The number of para-hydroxylation sites is 1. The van der Waals surface area contributed by atoms with Gasteiger partial charge in [0.1, 0.15) is 0 Å². The number of nitrogens with zero attached hydrogens (tertiary/aromatic N) is 5. The third kappa shape index (κ3) is 3.03. The molecule has 0 unspecified atom stereocenters. The summed E-state index contributed by atoms with van der Waals surface area (Å²) in [5, 5.41) is 15.6. The number of hydrogen-bond donors (Lipinski definition) is 0. The van der Waals surface area contributed by atoms with Crippen LogP contribution >= 0.6 is 23.1 Å². The van der Waals surface area contributed by atoms with E-state index in [-0.39, 0.29) is 0 Å². The van der Waals surface area contributed by atoms with Crippen molar-refractivity contribution in [2.75, 3.05) is 0 Å². The van der Waals surface area contributed by atoms with Gasteiger partial charge in [0.15, 0.2) is 10.8 Å². The Bertz CT molecular complexity index is 886. The van der Waals surface area contributed by atoms with Crippen molar-refractivity contribution in [2.45, 2.75) is 10.9 Å². The van der Waals surface area contributed by atoms with Crippen LogP contribution in [-0.2, 0) is 5.75 Å². The molecule has 0 amide bonds. The van der Waals surface area contributed by atoms with E-state index in [0.29, 0.717) is 5.75 Å². The molecule has 0 atom stereocenters. The van der Waals surface area contributed by atoms with Crippen molar-refractivity contribution >= 4 is 23.1 Å². The molecule has 0 saturated carbocycles. The highest BCUT2D eigenvalue weighted by molar-refractivity contribution is 7.98. The highest BCUT2D eigenvalue weighted by atomic mass is 32.2. The van der Waals surface area contributed by atoms with Crippen LogP contribution in [0.3, 0.4) is 0 Å². The third-order valence-corrected chi connectivity index (χ3v) is 4.93. The highest BCUT2D eigenvalue weighted by Gasteiger charge is 2.11. The number of tetrazole rings is 1. The van der Waals surface area contributed by atoms with E-state index in [1.54, 1.807) is 34.0 Å². The summed E-state index contributed by atoms with van der Waals surface area (Å²) in [6, 6.07) is 13.6. The van der Waals surface area contributed by atoms with Crippen LogP contribution in [0.15, 0.2) is 63.7 Å². The second-order valence-electron chi connectivity index (χ2n) is 4.62. The molecule has 4 aromatic rings. The maximum absolute atomic E-state index is 5.36. The van der Waals surface area contributed by atoms with Crippen LogP contribution in [0, 0.1) is 0 Å². The number of benzene rings is 1. The minimum absolute atomic E-state index is 0.699. The van der Waals surface area contributed by atoms with Gasteiger partial charge in [-0.3, -0.25) is 0 Å². The fourth-order valence-corrected chi connectivity index (χ4v) is 3.70. The van der Waals surface area contributed by atoms with Crippen LogP contribution in [0.4, 0.5) is 0 Å². The van der Waals surface area contributed by atoms with Gasteiger partial charge in [0.05, 0.1) is 17.6 Å². The summed E-state index contributed by atoms with van der Waals surface area (Å²) < 4.78 is 7.09. The molecule has 3 heterocycles. The predicted octanol–water partition coefficient (Wildman–Crippen LogP) is 3.67. The van der Waals surface area contributed by atoms with Gasteiger partial charge in [0.2, 0.25) is 5.16 Å². The van der Waals surface area contributed by atoms with Crippen LogP contribution in [-0.4, -0.2) is 25.2 Å². The number of furan rings is 1. The molecule has 114 valence electrons. The summed E-state index contributed by atoms with van der Waals surface area (Å²) in [5.41, 5.74) is 1.92. The number of aromatic nitrogens is 5. The molecule has 0 fully saturated rings. The molecule has 0 bridgehead atoms. The van der Waals surface area contributed by atoms with Gasteiger partial charge in [-0.25, -0.2) is 4.98 Å². The monoisotopic (exact) mass is 341 g/mol. The number of thioether (sulfide) groups is 1. The maximum Gasteiger partial charge on any atom is 0.214 e. The SMILES string of the molecule is c1ccc(-n2nnnc2SCc2csc(-c3ccco3)n2)cc1. The lowest BCUT2D eigenvalue weighted by Gasteiger charge is -2.02. The lowest BCUT2D eigenvalue weighted by molar-refractivity contribution is 0.581. The van der Waals surface area contributed by atoms with Crippen molar-refractivity contribution in [1.82, 2.24) is 25.2 Å². The van der Waals surface area contributed by atoms with Crippen molar-refractivity contribution in [3.8, 4) is 16.5 Å². The second-order valence-corrected chi connectivity index (χ2v) is 6.42. The largest absolute Gasteiger partial charge is 0.462 e. The van der Waals surface area contributed by atoms with Gasteiger partial charge < -0.3 is 4.42 Å². The summed E-state index contributed by atoms with van der Waals surface area (Å²) in [7, 11) is 0. The van der Waals surface area contributed by atoms with Crippen LogP contribution in [0.1, 0.15) is 5.69 Å². The van der Waals surface area contributed by atoms with E-state index in [2.05, 4.69) is 20.5 Å². The lowest BCUT2D eigenvalue weighted by atomic mass is 10.3. The molecule has 0 aliphatic rings. The molecule has 0 saturated heterocycles. The molecule has 3 aromatic heterocycles. The molecule has 4 rings (SSSR count). The smallest absolute Gasteiger partial charge is 0.214 e. The fourth-order valence-electron chi connectivity index (χ4n) is 2.03. The first-order chi connectivity index (χ1) is 11.4. The molecule has 0 aliphatic carbocycles. The van der Waals surface area contributed by atoms with E-state index < -0.39 is 0 Å². The van der Waals surface area contributed by atoms with Crippen molar-refractivity contribution in [3.63, 3.8) is 0 Å². The van der Waals surface area contributed by atoms with Gasteiger partial charge in [-0.15, -0.1) is 16.4 Å². The van der Waals surface area contributed by atoms with Crippen molar-refractivity contribution in [3.05, 3.63) is 59.8 Å². The predicted molar refractivity (Wildman–Crippen MR) is 88.5 cm³/mol. The molecule has 0 aliphatic heterocycles. The number of hydrogen-bond acceptors (Lipinski definition) is 7. The van der Waals surface area contributed by atoms with Crippen LogP contribution in [0.25, 0.3) is 16.5 Å². The zero-order valence-corrected chi connectivity index (χ0v) is 13.5. The Morgan fingerprint density at radius 3 is 2.87 bits per heavy atom. The molecule has 1 aromatic carbocycles. The maximum atomic E-state index is 5.36. The standard InChI is InChI=1S/C15H11N5OS2/c1-2-5-12(6-3-1)20-15(17-18-19-20)23-10-11-9-22-14(16-11)13-7-4-8-21-13/h1-9H,10H2. The summed E-state index contributed by atoms with van der Waals surface area (Å²) in [4.78, 5) is 4.58. The van der Waals surface area contributed by atoms with Crippen molar-refractivity contribution in [1.29, 1.82) is 0 Å². The van der Waals surface area contributed by atoms with E-state index in [1.165, 1.54) is 0 Å². The molecule has 0 N–H and O–H groups in total. The lowest BCUT2D eigenvalue weighted by Crippen LogP contribution is -1.98.